The van der Waals surface area contributed by atoms with Crippen LogP contribution in [0.25, 0.3) is 0 Å². The Morgan fingerprint density at radius 3 is 2.52 bits per heavy atom. The molecule has 2 N–H and O–H groups in total. The summed E-state index contributed by atoms with van der Waals surface area (Å²) in [7, 11) is -4.06. The maximum Gasteiger partial charge on any atom is 0.262 e. The third-order valence-corrected chi connectivity index (χ3v) is 7.14. The van der Waals surface area contributed by atoms with Crippen LogP contribution in [0.3, 0.4) is 0 Å². The van der Waals surface area contributed by atoms with Gasteiger partial charge in [-0.05, 0) is 43.2 Å². The van der Waals surface area contributed by atoms with Crippen molar-refractivity contribution in [3.63, 3.8) is 0 Å². The highest BCUT2D eigenvalue weighted by Gasteiger charge is 2.30. The average Bonchev–Trinajstić information content (AvgIpc) is 3.65. The molecule has 2 aromatic carbocycles. The van der Waals surface area contributed by atoms with Gasteiger partial charge < -0.3 is 20.1 Å². The van der Waals surface area contributed by atoms with E-state index in [4.69, 9.17) is 9.47 Å². The molecule has 0 bridgehead atoms. The highest BCUT2D eigenvalue weighted by molar-refractivity contribution is 7.89. The number of amides is 2. The molecule has 176 valence electrons. The molecule has 1 saturated carbocycles. The van der Waals surface area contributed by atoms with Gasteiger partial charge >= 0.3 is 0 Å². The molecule has 1 heterocycles. The Hall–Kier alpha value is -3.02. The minimum Gasteiger partial charge on any atom is -0.484 e. The van der Waals surface area contributed by atoms with Crippen LogP contribution in [0.4, 0.5) is 15.8 Å². The highest BCUT2D eigenvalue weighted by atomic mass is 32.2. The molecule has 0 radical (unpaired) electrons. The largest absolute Gasteiger partial charge is 0.484 e. The second kappa shape index (κ2) is 9.86. The average molecular weight is 478 g/mol. The SMILES string of the molecule is O=C(COc1cccc(NC(=O)C2CC2)c1)Nc1ccc(F)c(S(=O)(=O)N2CCOCC2)c1. The number of rotatable bonds is 8. The topological polar surface area (TPSA) is 114 Å². The Kier molecular flexibility index (Phi) is 6.91. The van der Waals surface area contributed by atoms with Crippen LogP contribution in [-0.2, 0) is 24.3 Å². The van der Waals surface area contributed by atoms with Gasteiger partial charge in [0, 0.05) is 36.4 Å². The van der Waals surface area contributed by atoms with Gasteiger partial charge in [-0.2, -0.15) is 4.31 Å². The predicted molar refractivity (Wildman–Crippen MR) is 118 cm³/mol. The smallest absolute Gasteiger partial charge is 0.262 e. The van der Waals surface area contributed by atoms with Crippen molar-refractivity contribution in [3.8, 4) is 5.75 Å². The Balaban J connectivity index is 1.37. The number of sulfonamides is 1. The van der Waals surface area contributed by atoms with Gasteiger partial charge in [0.25, 0.3) is 5.91 Å². The van der Waals surface area contributed by atoms with E-state index in [-0.39, 0.29) is 50.4 Å². The van der Waals surface area contributed by atoms with Crippen LogP contribution in [-0.4, -0.2) is 57.4 Å². The fourth-order valence-corrected chi connectivity index (χ4v) is 4.80. The van der Waals surface area contributed by atoms with Gasteiger partial charge in [0.05, 0.1) is 13.2 Å². The summed E-state index contributed by atoms with van der Waals surface area (Å²) >= 11 is 0. The zero-order chi connectivity index (χ0) is 23.4. The molecule has 1 aliphatic carbocycles. The number of carbonyl (C=O) groups is 2. The lowest BCUT2D eigenvalue weighted by Crippen LogP contribution is -2.40. The molecule has 2 amide bonds. The summed E-state index contributed by atoms with van der Waals surface area (Å²) in [6, 6.07) is 10.0. The maximum atomic E-state index is 14.3. The molecule has 11 heteroatoms. The monoisotopic (exact) mass is 477 g/mol. The fourth-order valence-electron chi connectivity index (χ4n) is 3.30. The molecule has 0 atom stereocenters. The molecule has 2 aliphatic rings. The van der Waals surface area contributed by atoms with Crippen LogP contribution in [0.2, 0.25) is 0 Å². The number of anilines is 2. The predicted octanol–water partition coefficient (Wildman–Crippen LogP) is 2.21. The third kappa shape index (κ3) is 5.86. The lowest BCUT2D eigenvalue weighted by atomic mass is 10.3. The van der Waals surface area contributed by atoms with Gasteiger partial charge in [0.1, 0.15) is 16.5 Å². The van der Waals surface area contributed by atoms with E-state index in [0.29, 0.717) is 11.4 Å². The Morgan fingerprint density at radius 2 is 1.79 bits per heavy atom. The first-order chi connectivity index (χ1) is 15.8. The minimum atomic E-state index is -4.06. The van der Waals surface area contributed by atoms with E-state index >= 15 is 0 Å². The number of nitrogens with zero attached hydrogens (tertiary/aromatic N) is 1. The van der Waals surface area contributed by atoms with Gasteiger partial charge in [-0.15, -0.1) is 0 Å². The summed E-state index contributed by atoms with van der Waals surface area (Å²) in [5.41, 5.74) is 0.698. The van der Waals surface area contributed by atoms with Crippen molar-refractivity contribution in [2.75, 3.05) is 43.5 Å². The van der Waals surface area contributed by atoms with Gasteiger partial charge in [-0.25, -0.2) is 12.8 Å². The van der Waals surface area contributed by atoms with E-state index in [0.717, 1.165) is 29.3 Å². The molecule has 1 saturated heterocycles. The van der Waals surface area contributed by atoms with Gasteiger partial charge in [0.2, 0.25) is 15.9 Å². The molecule has 2 fully saturated rings. The Labute approximate surface area is 190 Å². The van der Waals surface area contributed by atoms with Gasteiger partial charge in [-0.3, -0.25) is 9.59 Å². The summed E-state index contributed by atoms with van der Waals surface area (Å²) in [5.74, 6) is -1.05. The van der Waals surface area contributed by atoms with E-state index in [2.05, 4.69) is 10.6 Å². The Bertz CT molecular complexity index is 1150. The molecule has 33 heavy (non-hydrogen) atoms. The van der Waals surface area contributed by atoms with Gasteiger partial charge in [0.15, 0.2) is 6.61 Å². The van der Waals surface area contributed by atoms with E-state index in [1.165, 1.54) is 6.07 Å². The second-order valence-electron chi connectivity index (χ2n) is 7.79. The quantitative estimate of drug-likeness (QED) is 0.603. The van der Waals surface area contributed by atoms with Crippen molar-refractivity contribution in [3.05, 3.63) is 48.3 Å². The molecule has 2 aromatic rings. The molecule has 1 aliphatic heterocycles. The van der Waals surface area contributed by atoms with Crippen molar-refractivity contribution in [1.29, 1.82) is 0 Å². The summed E-state index contributed by atoms with van der Waals surface area (Å²) < 4.78 is 51.6. The number of carbonyl (C=O) groups excluding carboxylic acids is 2. The van der Waals surface area contributed by atoms with Crippen molar-refractivity contribution >= 4 is 33.2 Å². The molecule has 4 rings (SSSR count). The lowest BCUT2D eigenvalue weighted by Gasteiger charge is -2.26. The van der Waals surface area contributed by atoms with Gasteiger partial charge in [-0.1, -0.05) is 6.07 Å². The summed E-state index contributed by atoms with van der Waals surface area (Å²) in [5, 5.41) is 5.32. The van der Waals surface area contributed by atoms with Crippen LogP contribution in [0.1, 0.15) is 12.8 Å². The number of ether oxygens (including phenoxy) is 2. The van der Waals surface area contributed by atoms with Crippen molar-refractivity contribution in [2.45, 2.75) is 17.7 Å². The molecule has 0 spiro atoms. The van der Waals surface area contributed by atoms with Crippen LogP contribution in [0.15, 0.2) is 47.4 Å². The van der Waals surface area contributed by atoms with Crippen molar-refractivity contribution in [1.82, 2.24) is 4.31 Å². The van der Waals surface area contributed by atoms with Crippen molar-refractivity contribution in [2.24, 2.45) is 5.92 Å². The molecular formula is C22H24FN3O6S. The number of morpholine rings is 1. The molecule has 0 unspecified atom stereocenters. The number of halogens is 1. The summed E-state index contributed by atoms with van der Waals surface area (Å²) in [4.78, 5) is 23.7. The highest BCUT2D eigenvalue weighted by Crippen LogP contribution is 2.30. The first-order valence-corrected chi connectivity index (χ1v) is 12.0. The summed E-state index contributed by atoms with van der Waals surface area (Å²) in [6.45, 7) is 0.377. The first-order valence-electron chi connectivity index (χ1n) is 10.5. The number of benzene rings is 2. The van der Waals surface area contributed by atoms with Crippen LogP contribution in [0.5, 0.6) is 5.75 Å². The molecule has 9 nitrogen and oxygen atoms in total. The lowest BCUT2D eigenvalue weighted by molar-refractivity contribution is -0.118. The van der Waals surface area contributed by atoms with E-state index in [1.807, 2.05) is 0 Å². The third-order valence-electron chi connectivity index (χ3n) is 5.22. The number of nitrogens with one attached hydrogen (secondary N) is 2. The standard InChI is InChI=1S/C22H24FN3O6S/c23-19-7-6-17(13-20(19)33(29,30)26-8-10-31-11-9-26)24-21(27)14-32-18-3-1-2-16(12-18)25-22(28)15-4-5-15/h1-3,6-7,12-13,15H,4-5,8-11,14H2,(H,24,27)(H,25,28). The normalized spacial score (nSPS) is 16.8. The molecular weight excluding hydrogens is 453 g/mol. The maximum absolute atomic E-state index is 14.3. The van der Waals surface area contributed by atoms with Crippen molar-refractivity contribution < 1.29 is 31.9 Å². The minimum absolute atomic E-state index is 0.0379. The first kappa shape index (κ1) is 23.1. The van der Waals surface area contributed by atoms with E-state index in [9.17, 15) is 22.4 Å². The zero-order valence-corrected chi connectivity index (χ0v) is 18.6. The second-order valence-corrected chi connectivity index (χ2v) is 9.70. The Morgan fingerprint density at radius 1 is 1.06 bits per heavy atom. The molecule has 0 aromatic heterocycles. The number of hydrogen-bond acceptors (Lipinski definition) is 6. The fraction of sp³-hybridized carbons (Fsp3) is 0.364. The van der Waals surface area contributed by atoms with Crippen LogP contribution in [0, 0.1) is 11.7 Å². The zero-order valence-electron chi connectivity index (χ0n) is 17.8. The van der Waals surface area contributed by atoms with E-state index < -0.39 is 26.6 Å². The van der Waals surface area contributed by atoms with Crippen LogP contribution < -0.4 is 15.4 Å². The summed E-state index contributed by atoms with van der Waals surface area (Å²) in [6.07, 6.45) is 1.78. The van der Waals surface area contributed by atoms with Crippen LogP contribution >= 0.6 is 0 Å². The number of hydrogen-bond donors (Lipinski definition) is 2. The van der Waals surface area contributed by atoms with E-state index in [1.54, 1.807) is 24.3 Å².